The lowest BCUT2D eigenvalue weighted by Gasteiger charge is -2.56. The van der Waals surface area contributed by atoms with E-state index >= 15 is 0 Å². The molecule has 362 valence electrons. The van der Waals surface area contributed by atoms with Crippen LogP contribution in [-0.4, -0.2) is 57.9 Å². The number of hydrogen-bond acceptors (Lipinski definition) is 4. The van der Waals surface area contributed by atoms with E-state index in [4.69, 9.17) is 9.47 Å². The minimum Gasteiger partial charge on any atom is -0.374 e. The van der Waals surface area contributed by atoms with Gasteiger partial charge in [-0.05, 0) is 242 Å². The lowest BCUT2D eigenvalue weighted by Crippen LogP contribution is -2.58. The molecular weight excluding hydrogens is 811 g/mol. The van der Waals surface area contributed by atoms with Crippen LogP contribution < -0.4 is 0 Å². The molecule has 65 heavy (non-hydrogen) atoms. The van der Waals surface area contributed by atoms with Gasteiger partial charge in [0.25, 0.3) is 0 Å². The van der Waals surface area contributed by atoms with Crippen LogP contribution in [0.2, 0.25) is 0 Å². The third-order valence-electron chi connectivity index (χ3n) is 26.4. The summed E-state index contributed by atoms with van der Waals surface area (Å²) in [7, 11) is 0. The first-order valence-corrected chi connectivity index (χ1v) is 31.9. The van der Waals surface area contributed by atoms with Gasteiger partial charge in [0.2, 0.25) is 0 Å². The van der Waals surface area contributed by atoms with E-state index in [9.17, 15) is 0 Å². The number of thioether (sulfide) groups is 1. The first kappa shape index (κ1) is 42.9. The molecule has 15 aliphatic rings. The first-order valence-electron chi connectivity index (χ1n) is 31.0. The average molecular weight is 907 g/mol. The van der Waals surface area contributed by atoms with Gasteiger partial charge < -0.3 is 9.47 Å². The second-order valence-corrected chi connectivity index (χ2v) is 29.3. The van der Waals surface area contributed by atoms with Crippen molar-refractivity contribution in [3.8, 4) is 0 Å². The standard InChI is InChI=1S/C61H95NO2S/c1-6-20-48-40(13-1)41-14-2-7-21-49(41)61(48)50-22-8-3-16-46(50)57-51(61)23-12-24-52(57)62(38-31-32-43-42-15-4-9-25-53(42)64-56(43)35-38)37-29-27-36(28-30-37)39-18-11-19-44-45-33-34-55-58(60(45)65-59(39)44)47-17-5-10-26-54(47)63-55/h36-60H,1-35H2. The second kappa shape index (κ2) is 17.2. The van der Waals surface area contributed by atoms with Crippen molar-refractivity contribution >= 4 is 11.8 Å². The van der Waals surface area contributed by atoms with E-state index in [1.165, 1.54) is 96.3 Å². The Balaban J connectivity index is 0.729. The smallest absolute Gasteiger partial charge is 0.0625 e. The molecule has 0 radical (unpaired) electrons. The Hall–Kier alpha value is 0.230. The lowest BCUT2D eigenvalue weighted by atomic mass is 9.53. The van der Waals surface area contributed by atoms with Crippen LogP contribution >= 0.6 is 11.8 Å². The molecule has 15 fully saturated rings. The molecule has 1 spiro atoms. The van der Waals surface area contributed by atoms with Crippen LogP contribution in [0.3, 0.4) is 0 Å². The van der Waals surface area contributed by atoms with E-state index < -0.39 is 0 Å². The van der Waals surface area contributed by atoms with Gasteiger partial charge in [-0.15, -0.1) is 0 Å². The second-order valence-electron chi connectivity index (χ2n) is 28.0. The van der Waals surface area contributed by atoms with Gasteiger partial charge in [0.1, 0.15) is 0 Å². The van der Waals surface area contributed by atoms with E-state index in [1.807, 2.05) is 0 Å². The van der Waals surface area contributed by atoms with Crippen molar-refractivity contribution in [2.45, 2.75) is 278 Å². The lowest BCUT2D eigenvalue weighted by molar-refractivity contribution is -0.0795. The molecule has 3 aliphatic heterocycles. The zero-order valence-electron chi connectivity index (χ0n) is 41.4. The van der Waals surface area contributed by atoms with E-state index in [-0.39, 0.29) is 0 Å². The highest BCUT2D eigenvalue weighted by atomic mass is 32.2. The maximum atomic E-state index is 7.29. The van der Waals surface area contributed by atoms with Gasteiger partial charge in [0.15, 0.2) is 0 Å². The summed E-state index contributed by atoms with van der Waals surface area (Å²) in [5.74, 6) is 16.3. The number of nitrogens with zero attached hydrogens (tertiary/aromatic N) is 1. The summed E-state index contributed by atoms with van der Waals surface area (Å²) in [4.78, 5) is 3.55. The predicted molar refractivity (Wildman–Crippen MR) is 266 cm³/mol. The summed E-state index contributed by atoms with van der Waals surface area (Å²) in [5.41, 5.74) is 0.728. The molecule has 0 N–H and O–H groups in total. The SMILES string of the molecule is C1CCC2C(C1)OC1CC(N(C3CCC(C4CCCC5C6CCC7OC8CCCCC8C7C6SC45)CC3)C3CCCC4C3C3CCCCC3C43C4CCCCC4C4CCCCC43)CCC12. The molecule has 15 rings (SSSR count). The van der Waals surface area contributed by atoms with Crippen LogP contribution in [0.5, 0.6) is 0 Å². The van der Waals surface area contributed by atoms with Gasteiger partial charge in [0, 0.05) is 34.5 Å². The highest BCUT2D eigenvalue weighted by Gasteiger charge is 2.73. The van der Waals surface area contributed by atoms with Crippen LogP contribution in [0.4, 0.5) is 0 Å². The third-order valence-corrected chi connectivity index (χ3v) is 28.4. The van der Waals surface area contributed by atoms with Gasteiger partial charge in [0.05, 0.1) is 24.4 Å². The van der Waals surface area contributed by atoms with Gasteiger partial charge in [-0.3, -0.25) is 4.90 Å². The Morgan fingerprint density at radius 1 is 0.323 bits per heavy atom. The molecule has 0 aromatic rings. The van der Waals surface area contributed by atoms with Crippen molar-refractivity contribution in [1.29, 1.82) is 0 Å². The zero-order chi connectivity index (χ0) is 42.4. The molecule has 23 unspecified atom stereocenters. The van der Waals surface area contributed by atoms with Crippen molar-refractivity contribution in [3.05, 3.63) is 0 Å². The minimum absolute atomic E-state index is 0.578. The maximum Gasteiger partial charge on any atom is 0.0625 e. The zero-order valence-corrected chi connectivity index (χ0v) is 42.2. The van der Waals surface area contributed by atoms with Crippen LogP contribution in [0.25, 0.3) is 0 Å². The Bertz CT molecular complexity index is 1690. The van der Waals surface area contributed by atoms with Gasteiger partial charge in [-0.2, -0.15) is 11.8 Å². The van der Waals surface area contributed by atoms with E-state index in [2.05, 4.69) is 16.7 Å². The molecule has 0 amide bonds. The average Bonchev–Trinajstić information content (AvgIpc) is 4.17. The van der Waals surface area contributed by atoms with Crippen molar-refractivity contribution in [1.82, 2.24) is 4.90 Å². The fourth-order valence-corrected chi connectivity index (χ4v) is 27.6. The van der Waals surface area contributed by atoms with Crippen LogP contribution in [0, 0.1) is 100 Å². The van der Waals surface area contributed by atoms with Crippen molar-refractivity contribution in [3.63, 3.8) is 0 Å². The van der Waals surface area contributed by atoms with Crippen LogP contribution in [0.15, 0.2) is 0 Å². The number of ether oxygens (including phenoxy) is 2. The van der Waals surface area contributed by atoms with E-state index in [0.717, 1.165) is 129 Å². The summed E-state index contributed by atoms with van der Waals surface area (Å²) in [6.45, 7) is 0. The Labute approximate surface area is 402 Å². The van der Waals surface area contributed by atoms with E-state index in [0.29, 0.717) is 24.4 Å². The Morgan fingerprint density at radius 3 is 1.62 bits per heavy atom. The van der Waals surface area contributed by atoms with Gasteiger partial charge >= 0.3 is 0 Å². The molecular formula is C61H95NO2S. The predicted octanol–water partition coefficient (Wildman–Crippen LogP) is 15.1. The number of hydrogen-bond donors (Lipinski definition) is 0. The highest BCUT2D eigenvalue weighted by molar-refractivity contribution is 8.00. The molecule has 12 aliphatic carbocycles. The van der Waals surface area contributed by atoms with Crippen molar-refractivity contribution in [2.75, 3.05) is 0 Å². The summed E-state index contributed by atoms with van der Waals surface area (Å²) < 4.78 is 14.2. The van der Waals surface area contributed by atoms with Crippen LogP contribution in [0.1, 0.15) is 225 Å². The summed E-state index contributed by atoms with van der Waals surface area (Å²) in [6, 6.07) is 2.53. The molecule has 23 atom stereocenters. The van der Waals surface area contributed by atoms with Crippen LogP contribution in [-0.2, 0) is 9.47 Å². The quantitative estimate of drug-likeness (QED) is 0.280. The third kappa shape index (κ3) is 6.53. The molecule has 3 nitrogen and oxygen atoms in total. The normalized spacial score (nSPS) is 58.9. The molecule has 4 heteroatoms. The topological polar surface area (TPSA) is 21.7 Å². The Kier molecular flexibility index (Phi) is 11.3. The molecule has 3 saturated heterocycles. The summed E-state index contributed by atoms with van der Waals surface area (Å²) in [6.07, 6.45) is 56.0. The first-order chi connectivity index (χ1) is 32.2. The Morgan fingerprint density at radius 2 is 0.846 bits per heavy atom. The fraction of sp³-hybridized carbons (Fsp3) is 1.00. The van der Waals surface area contributed by atoms with Crippen molar-refractivity contribution in [2.24, 2.45) is 100 Å². The molecule has 0 bridgehead atoms. The van der Waals surface area contributed by atoms with Gasteiger partial charge in [-0.25, -0.2) is 0 Å². The highest BCUT2D eigenvalue weighted by Crippen LogP contribution is 2.78. The van der Waals surface area contributed by atoms with E-state index in [1.54, 1.807) is 128 Å². The largest absolute Gasteiger partial charge is 0.374 e. The fourth-order valence-electron chi connectivity index (χ4n) is 25.0. The van der Waals surface area contributed by atoms with Crippen molar-refractivity contribution < 1.29 is 9.47 Å². The maximum absolute atomic E-state index is 7.29. The minimum atomic E-state index is 0.578. The number of rotatable bonds is 4. The summed E-state index contributed by atoms with van der Waals surface area (Å²) >= 11 is 2.62. The van der Waals surface area contributed by atoms with Gasteiger partial charge in [-0.1, -0.05) is 77.0 Å². The monoisotopic (exact) mass is 906 g/mol. The molecule has 12 saturated carbocycles. The summed E-state index contributed by atoms with van der Waals surface area (Å²) in [5, 5.41) is 1.91. The molecule has 0 aromatic heterocycles. The molecule has 3 heterocycles. The molecule has 0 aromatic carbocycles. The number of fused-ring (bicyclic) bond motifs is 20.